The highest BCUT2D eigenvalue weighted by molar-refractivity contribution is 7.80. The maximum Gasteiger partial charge on any atom is 0.326 e. The molecule has 1 aromatic carbocycles. The number of aliphatic hydroxyl groups excluding tert-OH is 1. The molecule has 0 aromatic heterocycles. The number of nitrogens with zero attached hydrogens (tertiary/aromatic N) is 1. The first-order chi connectivity index (χ1) is 15.3. The van der Waals surface area contributed by atoms with Gasteiger partial charge in [-0.2, -0.15) is 0 Å². The van der Waals surface area contributed by atoms with E-state index in [9.17, 15) is 14.7 Å². The Balaban J connectivity index is 2.50. The summed E-state index contributed by atoms with van der Waals surface area (Å²) in [5.41, 5.74) is -0.964. The molecular weight excluding hydrogens is 466 g/mol. The molecule has 0 spiro atoms. The lowest BCUT2D eigenvalue weighted by atomic mass is 9.64. The fourth-order valence-electron chi connectivity index (χ4n) is 4.31. The van der Waals surface area contributed by atoms with E-state index in [0.717, 1.165) is 5.56 Å². The van der Waals surface area contributed by atoms with Crippen molar-refractivity contribution in [2.75, 3.05) is 6.54 Å². The van der Waals surface area contributed by atoms with Crippen molar-refractivity contribution in [3.05, 3.63) is 35.9 Å². The minimum atomic E-state index is -2.18. The lowest BCUT2D eigenvalue weighted by Gasteiger charge is -2.56. The van der Waals surface area contributed by atoms with Crippen LogP contribution in [0.5, 0.6) is 0 Å². The highest BCUT2D eigenvalue weighted by atomic mass is 32.1. The lowest BCUT2D eigenvalue weighted by molar-refractivity contribution is -0.177. The minimum absolute atomic E-state index is 0.0330. The molecule has 0 radical (unpaired) electrons. The molecule has 0 unspecified atom stereocenters. The Kier molecular flexibility index (Phi) is 8.12. The summed E-state index contributed by atoms with van der Waals surface area (Å²) in [4.78, 5) is 27.7. The van der Waals surface area contributed by atoms with E-state index in [4.69, 9.17) is 21.4 Å². The third-order valence-electron chi connectivity index (χ3n) is 7.17. The third-order valence-corrected chi connectivity index (χ3v) is 12.2. The summed E-state index contributed by atoms with van der Waals surface area (Å²) in [5, 5.41) is 10.5. The number of carbonyl (C=O) groups is 2. The van der Waals surface area contributed by atoms with Crippen molar-refractivity contribution in [1.82, 2.24) is 4.90 Å². The van der Waals surface area contributed by atoms with E-state index in [0.29, 0.717) is 0 Å². The SMILES string of the molecule is C[C@@H](O[Si](C)(C)C(C)(C)C)[C@H]1C(=O)N(CC(=O)OC(C)(C)C)[C@@H]1[C@](C)(C(O)=S)c1ccccc1. The van der Waals surface area contributed by atoms with Gasteiger partial charge >= 0.3 is 5.97 Å². The monoisotopic (exact) mass is 507 g/mol. The van der Waals surface area contributed by atoms with E-state index in [-0.39, 0.29) is 22.5 Å². The molecule has 1 amide bonds. The van der Waals surface area contributed by atoms with E-state index in [2.05, 4.69) is 33.9 Å². The Morgan fingerprint density at radius 1 is 1.12 bits per heavy atom. The number of esters is 1. The van der Waals surface area contributed by atoms with Crippen molar-refractivity contribution in [1.29, 1.82) is 0 Å². The molecule has 1 heterocycles. The van der Waals surface area contributed by atoms with Crippen LogP contribution in [0.2, 0.25) is 18.1 Å². The van der Waals surface area contributed by atoms with Crippen LogP contribution in [-0.4, -0.2) is 59.5 Å². The number of aliphatic hydroxyl groups is 1. The van der Waals surface area contributed by atoms with Crippen molar-refractivity contribution >= 4 is 37.5 Å². The van der Waals surface area contributed by atoms with Crippen LogP contribution in [0.1, 0.15) is 61.0 Å². The lowest BCUT2D eigenvalue weighted by Crippen LogP contribution is -2.73. The van der Waals surface area contributed by atoms with Crippen molar-refractivity contribution in [3.8, 4) is 0 Å². The largest absolute Gasteiger partial charge is 0.501 e. The number of thiocarbonyl (C=S) groups is 1. The van der Waals surface area contributed by atoms with Crippen LogP contribution in [0.15, 0.2) is 30.3 Å². The molecule has 1 aliphatic rings. The van der Waals surface area contributed by atoms with Gasteiger partial charge in [-0.25, -0.2) is 0 Å². The van der Waals surface area contributed by atoms with E-state index >= 15 is 0 Å². The Labute approximate surface area is 211 Å². The average Bonchev–Trinajstić information content (AvgIpc) is 2.67. The van der Waals surface area contributed by atoms with Crippen LogP contribution in [0.3, 0.4) is 0 Å². The highest BCUT2D eigenvalue weighted by Crippen LogP contribution is 2.46. The zero-order valence-corrected chi connectivity index (χ0v) is 24.1. The van der Waals surface area contributed by atoms with Gasteiger partial charge in [0.2, 0.25) is 5.91 Å². The molecule has 0 bridgehead atoms. The maximum absolute atomic E-state index is 13.5. The van der Waals surface area contributed by atoms with Crippen LogP contribution < -0.4 is 0 Å². The highest BCUT2D eigenvalue weighted by Gasteiger charge is 2.61. The first-order valence-electron chi connectivity index (χ1n) is 11.8. The van der Waals surface area contributed by atoms with Crippen LogP contribution >= 0.6 is 12.2 Å². The van der Waals surface area contributed by atoms with Crippen molar-refractivity contribution in [3.63, 3.8) is 0 Å². The number of hydrogen-bond acceptors (Lipinski definition) is 5. The van der Waals surface area contributed by atoms with Gasteiger partial charge in [-0.05, 0) is 70.5 Å². The van der Waals surface area contributed by atoms with Crippen molar-refractivity contribution in [2.45, 2.75) is 96.7 Å². The number of hydrogen-bond donors (Lipinski definition) is 1. The summed E-state index contributed by atoms with van der Waals surface area (Å²) in [7, 11) is -2.18. The Bertz CT molecular complexity index is 921. The first kappa shape index (κ1) is 28.5. The number of amides is 1. The van der Waals surface area contributed by atoms with Gasteiger partial charge in [0.1, 0.15) is 12.1 Å². The second-order valence-electron chi connectivity index (χ2n) is 12.0. The average molecular weight is 508 g/mol. The standard InChI is InChI=1S/C26H41NO5SSi/c1-17(32-34(9,10)25(5,6)7)20-21(26(8,23(30)33)18-14-12-11-13-15-18)27(22(20)29)16-19(28)31-24(2,3)4/h11-15,17,20-21H,16H2,1-10H3,(H,30,33)/t17-,20-,21+,26-/m1/s1. The number of benzene rings is 1. The zero-order chi connectivity index (χ0) is 26.3. The van der Waals surface area contributed by atoms with E-state index < -0.39 is 43.4 Å². The number of carbonyl (C=O) groups excluding carboxylic acids is 2. The molecule has 1 N–H and O–H groups in total. The van der Waals surface area contributed by atoms with Crippen LogP contribution in [0, 0.1) is 5.92 Å². The number of likely N-dealkylation sites (tertiary alicyclic amines) is 1. The maximum atomic E-state index is 13.5. The summed E-state index contributed by atoms with van der Waals surface area (Å²) in [6, 6.07) is 8.83. The van der Waals surface area contributed by atoms with E-state index in [1.165, 1.54) is 4.90 Å². The van der Waals surface area contributed by atoms with Crippen molar-refractivity contribution in [2.24, 2.45) is 5.92 Å². The first-order valence-corrected chi connectivity index (χ1v) is 15.1. The molecule has 8 heteroatoms. The molecule has 0 aliphatic carbocycles. The molecule has 34 heavy (non-hydrogen) atoms. The smallest absolute Gasteiger partial charge is 0.326 e. The fourth-order valence-corrected chi connectivity index (χ4v) is 5.98. The van der Waals surface area contributed by atoms with Crippen LogP contribution in [0.4, 0.5) is 0 Å². The van der Waals surface area contributed by atoms with Gasteiger partial charge in [-0.3, -0.25) is 9.59 Å². The van der Waals surface area contributed by atoms with Crippen LogP contribution in [0.25, 0.3) is 0 Å². The number of ether oxygens (including phenoxy) is 1. The molecule has 190 valence electrons. The quantitative estimate of drug-likeness (QED) is 0.219. The molecule has 0 saturated carbocycles. The Morgan fingerprint density at radius 2 is 1.65 bits per heavy atom. The summed E-state index contributed by atoms with van der Waals surface area (Å²) in [5.74, 6) is -1.26. The zero-order valence-electron chi connectivity index (χ0n) is 22.3. The summed E-state index contributed by atoms with van der Waals surface area (Å²) < 4.78 is 12.1. The molecular formula is C26H41NO5SSi. The Morgan fingerprint density at radius 3 is 2.09 bits per heavy atom. The van der Waals surface area contributed by atoms with E-state index in [1.54, 1.807) is 20.8 Å². The normalized spacial score (nSPS) is 21.9. The summed E-state index contributed by atoms with van der Waals surface area (Å²) in [6.07, 6.45) is -0.411. The molecule has 1 fully saturated rings. The second kappa shape index (κ2) is 9.70. The summed E-state index contributed by atoms with van der Waals surface area (Å²) in [6.45, 7) is 19.6. The summed E-state index contributed by atoms with van der Waals surface area (Å²) >= 11 is 5.36. The number of β-lactam (4-membered cyclic amide) rings is 1. The van der Waals surface area contributed by atoms with Crippen molar-refractivity contribution < 1.29 is 23.9 Å². The second-order valence-corrected chi connectivity index (χ2v) is 17.1. The van der Waals surface area contributed by atoms with Gasteiger partial charge in [0, 0.05) is 0 Å². The topological polar surface area (TPSA) is 76.1 Å². The molecule has 1 saturated heterocycles. The minimum Gasteiger partial charge on any atom is -0.501 e. The van der Waals surface area contributed by atoms with Gasteiger partial charge in [0.15, 0.2) is 13.4 Å². The molecule has 1 aliphatic heterocycles. The molecule has 2 rings (SSSR count). The van der Waals surface area contributed by atoms with Gasteiger partial charge in [0.25, 0.3) is 0 Å². The molecule has 6 nitrogen and oxygen atoms in total. The predicted molar refractivity (Wildman–Crippen MR) is 142 cm³/mol. The van der Waals surface area contributed by atoms with Gasteiger partial charge < -0.3 is 19.2 Å². The van der Waals surface area contributed by atoms with E-state index in [1.807, 2.05) is 44.2 Å². The third kappa shape index (κ3) is 5.71. The Hall–Kier alpha value is -1.77. The molecule has 4 atom stereocenters. The van der Waals surface area contributed by atoms with Gasteiger partial charge in [-0.1, -0.05) is 51.1 Å². The predicted octanol–water partition coefficient (Wildman–Crippen LogP) is 5.41. The van der Waals surface area contributed by atoms with Gasteiger partial charge in [-0.15, -0.1) is 0 Å². The van der Waals surface area contributed by atoms with Crippen LogP contribution in [-0.2, 0) is 24.2 Å². The van der Waals surface area contributed by atoms with Gasteiger partial charge in [0.05, 0.1) is 23.5 Å². The fraction of sp³-hybridized carbons (Fsp3) is 0.654. The molecule has 1 aromatic rings. The number of rotatable bonds is 8.